The molecule has 0 saturated carbocycles. The van der Waals surface area contributed by atoms with Gasteiger partial charge in [0.05, 0.1) is 5.75 Å². The van der Waals surface area contributed by atoms with Gasteiger partial charge >= 0.3 is 0 Å². The third-order valence-electron chi connectivity index (χ3n) is 3.65. The highest BCUT2D eigenvalue weighted by Gasteiger charge is 2.18. The van der Waals surface area contributed by atoms with Gasteiger partial charge < -0.3 is 10.2 Å². The molecule has 0 aliphatic carbocycles. The van der Waals surface area contributed by atoms with Gasteiger partial charge in [-0.1, -0.05) is 29.8 Å². The van der Waals surface area contributed by atoms with Crippen LogP contribution in [0.15, 0.2) is 48.5 Å². The maximum atomic E-state index is 12.3. The summed E-state index contributed by atoms with van der Waals surface area (Å²) in [5, 5.41) is 2.58. The van der Waals surface area contributed by atoms with E-state index in [0.717, 1.165) is 5.56 Å². The fourth-order valence-electron chi connectivity index (χ4n) is 2.39. The Bertz CT molecular complexity index is 903. The van der Waals surface area contributed by atoms with E-state index in [1.54, 1.807) is 44.4 Å². The molecular weight excluding hydrogens is 352 g/mol. The van der Waals surface area contributed by atoms with E-state index in [2.05, 4.69) is 5.32 Å². The first-order chi connectivity index (χ1) is 12.2. The number of carbonyl (C=O) groups is 2. The lowest BCUT2D eigenvalue weighted by Gasteiger charge is -2.11. The molecule has 7 heteroatoms. The Morgan fingerprint density at radius 1 is 1.04 bits per heavy atom. The molecule has 0 atom stereocenters. The zero-order valence-corrected chi connectivity index (χ0v) is 15.8. The minimum Gasteiger partial charge on any atom is -0.345 e. The molecule has 26 heavy (non-hydrogen) atoms. The van der Waals surface area contributed by atoms with Crippen LogP contribution in [0.5, 0.6) is 0 Å². The Morgan fingerprint density at radius 2 is 1.69 bits per heavy atom. The van der Waals surface area contributed by atoms with Crippen LogP contribution in [0, 0.1) is 6.92 Å². The topological polar surface area (TPSA) is 83.5 Å². The molecule has 0 spiro atoms. The number of aryl methyl sites for hydroxylation is 1. The normalized spacial score (nSPS) is 11.0. The van der Waals surface area contributed by atoms with Crippen molar-refractivity contribution in [1.29, 1.82) is 0 Å². The van der Waals surface area contributed by atoms with Crippen LogP contribution in [0.3, 0.4) is 0 Å². The first-order valence-electron chi connectivity index (χ1n) is 8.04. The van der Waals surface area contributed by atoms with Gasteiger partial charge in [0.25, 0.3) is 5.91 Å². The molecule has 0 heterocycles. The molecule has 138 valence electrons. The van der Waals surface area contributed by atoms with E-state index < -0.39 is 21.5 Å². The van der Waals surface area contributed by atoms with Crippen molar-refractivity contribution in [3.05, 3.63) is 65.2 Å². The number of hydrogen-bond acceptors (Lipinski definition) is 4. The molecular formula is C19H22N2O4S. The molecule has 2 aromatic carbocycles. The lowest BCUT2D eigenvalue weighted by molar-refractivity contribution is -0.113. The SMILES string of the molecule is Cc1ccc(NC(=O)CS(=O)(=O)Cc2cccc(C(=O)N(C)C)c2)cc1. The van der Waals surface area contributed by atoms with Crippen molar-refractivity contribution >= 4 is 27.3 Å². The Morgan fingerprint density at radius 3 is 2.31 bits per heavy atom. The molecule has 2 aromatic rings. The van der Waals surface area contributed by atoms with Gasteiger partial charge in [0, 0.05) is 25.3 Å². The minimum atomic E-state index is -3.66. The van der Waals surface area contributed by atoms with Crippen molar-refractivity contribution in [3.63, 3.8) is 0 Å². The molecule has 0 saturated heterocycles. The number of carbonyl (C=O) groups excluding carboxylic acids is 2. The van der Waals surface area contributed by atoms with Gasteiger partial charge in [0.2, 0.25) is 5.91 Å². The van der Waals surface area contributed by atoms with Gasteiger partial charge in [-0.3, -0.25) is 9.59 Å². The van der Waals surface area contributed by atoms with Gasteiger partial charge in [0.15, 0.2) is 9.84 Å². The van der Waals surface area contributed by atoms with Crippen LogP contribution in [0.2, 0.25) is 0 Å². The highest BCUT2D eigenvalue weighted by molar-refractivity contribution is 7.91. The molecule has 2 rings (SSSR count). The monoisotopic (exact) mass is 374 g/mol. The molecule has 6 nitrogen and oxygen atoms in total. The molecule has 0 aliphatic rings. The number of nitrogens with zero attached hydrogens (tertiary/aromatic N) is 1. The molecule has 1 N–H and O–H groups in total. The molecule has 2 amide bonds. The van der Waals surface area contributed by atoms with E-state index in [4.69, 9.17) is 0 Å². The predicted molar refractivity (Wildman–Crippen MR) is 102 cm³/mol. The molecule has 0 fully saturated rings. The van der Waals surface area contributed by atoms with Crippen LogP contribution in [-0.2, 0) is 20.4 Å². The van der Waals surface area contributed by atoms with E-state index in [9.17, 15) is 18.0 Å². The Balaban J connectivity index is 2.04. The van der Waals surface area contributed by atoms with Crippen molar-refractivity contribution in [2.45, 2.75) is 12.7 Å². The highest BCUT2D eigenvalue weighted by atomic mass is 32.2. The predicted octanol–water partition coefficient (Wildman–Crippen LogP) is 2.25. The minimum absolute atomic E-state index is 0.207. The van der Waals surface area contributed by atoms with E-state index in [1.165, 1.54) is 11.0 Å². The maximum Gasteiger partial charge on any atom is 0.253 e. The van der Waals surface area contributed by atoms with Gasteiger partial charge in [-0.05, 0) is 36.8 Å². The number of nitrogens with one attached hydrogen (secondary N) is 1. The van der Waals surface area contributed by atoms with Crippen molar-refractivity contribution in [1.82, 2.24) is 4.90 Å². The van der Waals surface area contributed by atoms with Crippen LogP contribution < -0.4 is 5.32 Å². The summed E-state index contributed by atoms with van der Waals surface area (Å²) in [6.07, 6.45) is 0. The number of amides is 2. The zero-order valence-electron chi connectivity index (χ0n) is 15.0. The largest absolute Gasteiger partial charge is 0.345 e. The van der Waals surface area contributed by atoms with Gasteiger partial charge in [-0.2, -0.15) is 0 Å². The maximum absolute atomic E-state index is 12.3. The van der Waals surface area contributed by atoms with Crippen molar-refractivity contribution in [3.8, 4) is 0 Å². The zero-order chi connectivity index (χ0) is 19.3. The summed E-state index contributed by atoms with van der Waals surface area (Å²) in [5.74, 6) is -1.72. The summed E-state index contributed by atoms with van der Waals surface area (Å²) in [7, 11) is -0.409. The highest BCUT2D eigenvalue weighted by Crippen LogP contribution is 2.13. The van der Waals surface area contributed by atoms with Gasteiger partial charge in [0.1, 0.15) is 5.75 Å². The third-order valence-corrected chi connectivity index (χ3v) is 5.13. The summed E-state index contributed by atoms with van der Waals surface area (Å²) >= 11 is 0. The number of hydrogen-bond donors (Lipinski definition) is 1. The van der Waals surface area contributed by atoms with Crippen LogP contribution in [0.4, 0.5) is 5.69 Å². The van der Waals surface area contributed by atoms with Crippen LogP contribution in [0.25, 0.3) is 0 Å². The average Bonchev–Trinajstić information content (AvgIpc) is 2.55. The number of anilines is 1. The average molecular weight is 374 g/mol. The van der Waals surface area contributed by atoms with Gasteiger partial charge in [-0.25, -0.2) is 8.42 Å². The molecule has 0 aliphatic heterocycles. The van der Waals surface area contributed by atoms with E-state index in [0.29, 0.717) is 16.8 Å². The lowest BCUT2D eigenvalue weighted by atomic mass is 10.1. The molecule has 0 radical (unpaired) electrons. The number of benzene rings is 2. The van der Waals surface area contributed by atoms with Crippen molar-refractivity contribution in [2.75, 3.05) is 25.2 Å². The second kappa shape index (κ2) is 8.14. The van der Waals surface area contributed by atoms with Crippen LogP contribution >= 0.6 is 0 Å². The van der Waals surface area contributed by atoms with Crippen LogP contribution in [-0.4, -0.2) is 45.0 Å². The third kappa shape index (κ3) is 5.70. The molecule has 0 aromatic heterocycles. The number of rotatable bonds is 6. The van der Waals surface area contributed by atoms with E-state index in [1.807, 2.05) is 19.1 Å². The Kier molecular flexibility index (Phi) is 6.15. The first kappa shape index (κ1) is 19.7. The number of sulfone groups is 1. The summed E-state index contributed by atoms with van der Waals surface area (Å²) in [6.45, 7) is 1.92. The van der Waals surface area contributed by atoms with E-state index >= 15 is 0 Å². The van der Waals surface area contributed by atoms with E-state index in [-0.39, 0.29) is 11.7 Å². The summed E-state index contributed by atoms with van der Waals surface area (Å²) in [4.78, 5) is 25.4. The second-order valence-corrected chi connectivity index (χ2v) is 8.41. The summed E-state index contributed by atoms with van der Waals surface area (Å²) in [5.41, 5.74) is 2.48. The van der Waals surface area contributed by atoms with Gasteiger partial charge in [-0.15, -0.1) is 0 Å². The fourth-order valence-corrected chi connectivity index (χ4v) is 3.65. The van der Waals surface area contributed by atoms with Crippen LogP contribution in [0.1, 0.15) is 21.5 Å². The lowest BCUT2D eigenvalue weighted by Crippen LogP contribution is -2.24. The Labute approximate surface area is 153 Å². The Hall–Kier alpha value is -2.67. The second-order valence-electron chi connectivity index (χ2n) is 6.35. The smallest absolute Gasteiger partial charge is 0.253 e. The summed E-state index contributed by atoms with van der Waals surface area (Å²) in [6, 6.07) is 13.5. The first-order valence-corrected chi connectivity index (χ1v) is 9.86. The van der Waals surface area contributed by atoms with Crippen molar-refractivity contribution < 1.29 is 18.0 Å². The summed E-state index contributed by atoms with van der Waals surface area (Å²) < 4.78 is 24.6. The molecule has 0 unspecified atom stereocenters. The van der Waals surface area contributed by atoms with Crippen molar-refractivity contribution in [2.24, 2.45) is 0 Å². The molecule has 0 bridgehead atoms. The fraction of sp³-hybridized carbons (Fsp3) is 0.263. The quantitative estimate of drug-likeness (QED) is 0.841. The standard InChI is InChI=1S/C19H22N2O4S/c1-14-7-9-17(10-8-14)20-18(22)13-26(24,25)12-15-5-4-6-16(11-15)19(23)21(2)3/h4-11H,12-13H2,1-3H3,(H,20,22).